The molecule has 2 aliphatic heterocycles. The summed E-state index contributed by atoms with van der Waals surface area (Å²) in [5, 5.41) is 11.9. The SMILES string of the molecule is CCc1ncc(SCC2(C(=O)O)CS[C@@H]3C(N(C(C)=O)S(=O)c4cccs4)C(=O)N3C2)o1. The summed E-state index contributed by atoms with van der Waals surface area (Å²) in [5.74, 6) is -0.783. The van der Waals surface area contributed by atoms with E-state index in [1.165, 1.54) is 46.7 Å². The van der Waals surface area contributed by atoms with Crippen LogP contribution in [-0.2, 0) is 31.8 Å². The fourth-order valence-electron chi connectivity index (χ4n) is 3.57. The third kappa shape index (κ3) is 4.11. The first kappa shape index (κ1) is 23.3. The minimum atomic E-state index is -1.79. The number of carbonyl (C=O) groups excluding carboxylic acids is 2. The molecule has 32 heavy (non-hydrogen) atoms. The number of aliphatic carboxylic acids is 1. The Hall–Kier alpha value is -1.83. The van der Waals surface area contributed by atoms with E-state index in [2.05, 4.69) is 4.98 Å². The highest BCUT2D eigenvalue weighted by Crippen LogP contribution is 2.46. The van der Waals surface area contributed by atoms with Crippen LogP contribution in [0.1, 0.15) is 19.7 Å². The molecule has 0 aromatic carbocycles. The molecular weight excluding hydrogens is 494 g/mol. The van der Waals surface area contributed by atoms with E-state index < -0.39 is 39.7 Å². The highest BCUT2D eigenvalue weighted by atomic mass is 32.2. The number of β-lactam (4-membered cyclic amide) rings is 1. The number of aryl methyl sites for hydroxylation is 1. The Morgan fingerprint density at radius 3 is 2.88 bits per heavy atom. The molecule has 0 spiro atoms. The van der Waals surface area contributed by atoms with Crippen LogP contribution in [0.3, 0.4) is 0 Å². The largest absolute Gasteiger partial charge is 0.481 e. The normalized spacial score (nSPS) is 25.7. The molecule has 4 atom stereocenters. The van der Waals surface area contributed by atoms with Crippen LogP contribution < -0.4 is 0 Å². The van der Waals surface area contributed by atoms with Crippen LogP contribution in [0.2, 0.25) is 0 Å². The van der Waals surface area contributed by atoms with Crippen molar-refractivity contribution in [3.63, 3.8) is 0 Å². The minimum Gasteiger partial charge on any atom is -0.481 e. The van der Waals surface area contributed by atoms with Crippen molar-refractivity contribution in [3.05, 3.63) is 29.6 Å². The smallest absolute Gasteiger partial charge is 0.313 e. The Morgan fingerprint density at radius 1 is 1.50 bits per heavy atom. The first-order chi connectivity index (χ1) is 15.3. The molecule has 4 rings (SSSR count). The summed E-state index contributed by atoms with van der Waals surface area (Å²) in [6, 6.07) is 2.52. The van der Waals surface area contributed by atoms with Gasteiger partial charge >= 0.3 is 5.97 Å². The lowest BCUT2D eigenvalue weighted by atomic mass is 9.89. The molecule has 0 radical (unpaired) electrons. The van der Waals surface area contributed by atoms with E-state index in [0.29, 0.717) is 21.6 Å². The van der Waals surface area contributed by atoms with Gasteiger partial charge in [0.25, 0.3) is 5.91 Å². The van der Waals surface area contributed by atoms with Gasteiger partial charge in [0, 0.05) is 31.4 Å². The van der Waals surface area contributed by atoms with Crippen molar-refractivity contribution in [2.75, 3.05) is 18.1 Å². The maximum Gasteiger partial charge on any atom is 0.313 e. The highest BCUT2D eigenvalue weighted by Gasteiger charge is 2.60. The van der Waals surface area contributed by atoms with Crippen LogP contribution in [0, 0.1) is 5.41 Å². The molecule has 0 aliphatic carbocycles. The molecule has 2 aromatic heterocycles. The van der Waals surface area contributed by atoms with Gasteiger partial charge in [0.1, 0.15) is 15.0 Å². The molecule has 0 bridgehead atoms. The van der Waals surface area contributed by atoms with Crippen LogP contribution in [0.5, 0.6) is 0 Å². The summed E-state index contributed by atoms with van der Waals surface area (Å²) in [6.07, 6.45) is 2.22. The van der Waals surface area contributed by atoms with Crippen LogP contribution >= 0.6 is 34.9 Å². The maximum absolute atomic E-state index is 13.0. The zero-order valence-corrected chi connectivity index (χ0v) is 20.5. The van der Waals surface area contributed by atoms with E-state index in [4.69, 9.17) is 4.42 Å². The van der Waals surface area contributed by atoms with Gasteiger partial charge in [0.05, 0.1) is 6.20 Å². The average Bonchev–Trinajstić information content (AvgIpc) is 3.47. The zero-order chi connectivity index (χ0) is 23.0. The number of nitrogens with zero attached hydrogens (tertiary/aromatic N) is 3. The van der Waals surface area contributed by atoms with Crippen molar-refractivity contribution in [2.45, 2.75) is 41.0 Å². The first-order valence-electron chi connectivity index (χ1n) is 9.75. The Balaban J connectivity index is 1.49. The Bertz CT molecular complexity index is 1060. The first-order valence-corrected chi connectivity index (χ1v) is 13.8. The number of aromatic nitrogens is 1. The van der Waals surface area contributed by atoms with Gasteiger partial charge in [-0.3, -0.25) is 14.4 Å². The molecule has 13 heteroatoms. The molecule has 4 heterocycles. The van der Waals surface area contributed by atoms with Gasteiger partial charge in [0.15, 0.2) is 28.0 Å². The number of rotatable bonds is 8. The Labute approximate surface area is 199 Å². The number of carbonyl (C=O) groups is 3. The second-order valence-corrected chi connectivity index (χ2v) is 12.1. The number of amides is 2. The van der Waals surface area contributed by atoms with Crippen LogP contribution in [-0.4, -0.2) is 70.8 Å². The number of oxazole rings is 1. The summed E-state index contributed by atoms with van der Waals surface area (Å²) in [5.41, 5.74) is -1.17. The van der Waals surface area contributed by atoms with E-state index >= 15 is 0 Å². The quantitative estimate of drug-likeness (QED) is 0.417. The molecule has 172 valence electrons. The third-order valence-electron chi connectivity index (χ3n) is 5.30. The topological polar surface area (TPSA) is 121 Å². The van der Waals surface area contributed by atoms with Crippen molar-refractivity contribution in [1.29, 1.82) is 0 Å². The summed E-state index contributed by atoms with van der Waals surface area (Å²) >= 11 is 3.82. The predicted octanol–water partition coefficient (Wildman–Crippen LogP) is 2.32. The number of hydrogen-bond acceptors (Lipinski definition) is 9. The van der Waals surface area contributed by atoms with Crippen LogP contribution in [0.15, 0.2) is 37.4 Å². The van der Waals surface area contributed by atoms with E-state index in [1.54, 1.807) is 23.7 Å². The van der Waals surface area contributed by atoms with E-state index in [0.717, 1.165) is 4.31 Å². The number of hydrogen-bond donors (Lipinski definition) is 1. The van der Waals surface area contributed by atoms with Gasteiger partial charge in [0.2, 0.25) is 5.91 Å². The second-order valence-electron chi connectivity index (χ2n) is 7.44. The monoisotopic (exact) mass is 515 g/mol. The highest BCUT2D eigenvalue weighted by molar-refractivity contribution is 8.00. The van der Waals surface area contributed by atoms with Crippen molar-refractivity contribution in [1.82, 2.24) is 14.2 Å². The number of thiophene rings is 1. The third-order valence-corrected chi connectivity index (χ3v) is 10.7. The second kappa shape index (κ2) is 9.20. The summed E-state index contributed by atoms with van der Waals surface area (Å²) in [6.45, 7) is 3.22. The van der Waals surface area contributed by atoms with Crippen molar-refractivity contribution in [2.24, 2.45) is 5.41 Å². The van der Waals surface area contributed by atoms with Crippen LogP contribution in [0.4, 0.5) is 0 Å². The van der Waals surface area contributed by atoms with E-state index in [-0.39, 0.29) is 24.0 Å². The average molecular weight is 516 g/mol. The number of carboxylic acids is 1. The number of thioether (sulfide) groups is 2. The van der Waals surface area contributed by atoms with Crippen molar-refractivity contribution >= 4 is 63.6 Å². The lowest BCUT2D eigenvalue weighted by molar-refractivity contribution is -0.161. The lowest BCUT2D eigenvalue weighted by Gasteiger charge is -2.55. The lowest BCUT2D eigenvalue weighted by Crippen LogP contribution is -2.74. The molecule has 3 unspecified atom stereocenters. The molecular formula is C19H21N3O6S4. The van der Waals surface area contributed by atoms with Gasteiger partial charge in [-0.15, -0.1) is 23.1 Å². The zero-order valence-electron chi connectivity index (χ0n) is 17.3. The molecule has 2 aromatic rings. The molecule has 2 saturated heterocycles. The summed E-state index contributed by atoms with van der Waals surface area (Å²) in [4.78, 5) is 43.1. The Morgan fingerprint density at radius 2 is 2.28 bits per heavy atom. The van der Waals surface area contributed by atoms with Gasteiger partial charge < -0.3 is 14.4 Å². The van der Waals surface area contributed by atoms with Gasteiger partial charge in [-0.05, 0) is 11.4 Å². The maximum atomic E-state index is 13.0. The number of fused-ring (bicyclic) bond motifs is 1. The standard InChI is InChI=1S/C19H21N3O6S4/c1-3-12-20-7-13(28-12)30-9-19(18(25)26)8-21-16(24)15(17(21)31-10-19)22(11(2)23)32(27)14-5-4-6-29-14/h4-7,15,17H,3,8-10H2,1-2H3,(H,25,26)/t15?,17-,19?,32?/m1/s1. The molecule has 2 aliphatic rings. The minimum absolute atomic E-state index is 0.0223. The number of carboxylic acid groups (broad SMARTS) is 1. The fraction of sp³-hybridized carbons (Fsp3) is 0.474. The van der Waals surface area contributed by atoms with E-state index in [9.17, 15) is 23.7 Å². The van der Waals surface area contributed by atoms with Gasteiger partial charge in [-0.1, -0.05) is 24.8 Å². The van der Waals surface area contributed by atoms with Crippen LogP contribution in [0.25, 0.3) is 0 Å². The summed E-state index contributed by atoms with van der Waals surface area (Å²) in [7, 11) is -1.79. The van der Waals surface area contributed by atoms with E-state index in [1.807, 2.05) is 6.92 Å². The van der Waals surface area contributed by atoms with Crippen molar-refractivity contribution in [3.8, 4) is 0 Å². The molecule has 2 fully saturated rings. The van der Waals surface area contributed by atoms with Gasteiger partial charge in [-0.2, -0.15) is 0 Å². The van der Waals surface area contributed by atoms with Gasteiger partial charge in [-0.25, -0.2) is 13.5 Å². The summed E-state index contributed by atoms with van der Waals surface area (Å²) < 4.78 is 20.1. The predicted molar refractivity (Wildman–Crippen MR) is 122 cm³/mol. The Kier molecular flexibility index (Phi) is 6.71. The molecule has 9 nitrogen and oxygen atoms in total. The molecule has 2 amide bonds. The molecule has 1 N–H and O–H groups in total. The molecule has 0 saturated carbocycles. The fourth-order valence-corrected chi connectivity index (χ4v) is 8.60. The van der Waals surface area contributed by atoms with Crippen molar-refractivity contribution < 1.29 is 28.1 Å².